The van der Waals surface area contributed by atoms with Gasteiger partial charge in [0.05, 0.1) is 18.6 Å². The van der Waals surface area contributed by atoms with Gasteiger partial charge in [0.25, 0.3) is 0 Å². The van der Waals surface area contributed by atoms with Gasteiger partial charge in [-0.2, -0.15) is 0 Å². The minimum absolute atomic E-state index is 0.113. The van der Waals surface area contributed by atoms with E-state index < -0.39 is 16.1 Å². The Hall–Kier alpha value is -3.07. The lowest BCUT2D eigenvalue weighted by Crippen LogP contribution is -2.51. The van der Waals surface area contributed by atoms with Gasteiger partial charge in [0.15, 0.2) is 0 Å². The normalized spacial score (nSPS) is 14.6. The molecule has 0 aliphatic heterocycles. The van der Waals surface area contributed by atoms with E-state index >= 15 is 0 Å². The van der Waals surface area contributed by atoms with Gasteiger partial charge in [-0.1, -0.05) is 61.7 Å². The topological polar surface area (TPSA) is 96.0 Å². The van der Waals surface area contributed by atoms with E-state index in [1.165, 1.54) is 4.31 Å². The molecule has 9 heteroatoms. The van der Waals surface area contributed by atoms with Crippen molar-refractivity contribution in [1.29, 1.82) is 0 Å². The number of amides is 2. The number of carbonyl (C=O) groups is 2. The van der Waals surface area contributed by atoms with Crippen LogP contribution < -0.4 is 14.4 Å². The van der Waals surface area contributed by atoms with Crippen molar-refractivity contribution in [3.63, 3.8) is 0 Å². The molecule has 1 saturated carbocycles. The van der Waals surface area contributed by atoms with Crippen molar-refractivity contribution in [1.82, 2.24) is 10.2 Å². The molecule has 0 spiro atoms. The highest BCUT2D eigenvalue weighted by atomic mass is 32.2. The summed E-state index contributed by atoms with van der Waals surface area (Å²) < 4.78 is 32.4. The number of nitrogens with one attached hydrogen (secondary N) is 1. The molecule has 0 unspecified atom stereocenters. The maximum atomic E-state index is 13.7. The van der Waals surface area contributed by atoms with Crippen LogP contribution >= 0.6 is 0 Å². The summed E-state index contributed by atoms with van der Waals surface area (Å²) in [5.41, 5.74) is 2.49. The van der Waals surface area contributed by atoms with E-state index in [9.17, 15) is 18.0 Å². The predicted molar refractivity (Wildman–Crippen MR) is 155 cm³/mol. The first kappa shape index (κ1) is 30.5. The second-order valence-corrected chi connectivity index (χ2v) is 12.2. The largest absolute Gasteiger partial charge is 0.492 e. The molecule has 1 fully saturated rings. The standard InChI is InChI=1S/C30H43N3O5S/c1-5-26(30(35)31-25-15-7-8-16-25)32(22-24-14-11-13-23(3)21-24)29(34)19-12-20-33(39(4,36)37)27-17-9-10-18-28(27)38-6-2/h9-11,13-14,17-18,21,25-26H,5-8,12,15-16,19-20,22H2,1-4H3,(H,31,35)/t26-/m1/s1. The second-order valence-electron chi connectivity index (χ2n) is 10.3. The van der Waals surface area contributed by atoms with Gasteiger partial charge in [0.1, 0.15) is 11.8 Å². The van der Waals surface area contributed by atoms with Gasteiger partial charge in [-0.25, -0.2) is 8.42 Å². The molecule has 1 aliphatic rings. The number of anilines is 1. The van der Waals surface area contributed by atoms with Crippen LogP contribution in [0.4, 0.5) is 5.69 Å². The van der Waals surface area contributed by atoms with Crippen LogP contribution in [0.25, 0.3) is 0 Å². The van der Waals surface area contributed by atoms with Crippen LogP contribution in [-0.4, -0.2) is 56.6 Å². The van der Waals surface area contributed by atoms with E-state index in [-0.39, 0.29) is 30.8 Å². The van der Waals surface area contributed by atoms with Crippen LogP contribution in [-0.2, 0) is 26.2 Å². The van der Waals surface area contributed by atoms with Crippen LogP contribution in [0.1, 0.15) is 69.9 Å². The fourth-order valence-corrected chi connectivity index (χ4v) is 6.19. The first-order valence-corrected chi connectivity index (χ1v) is 15.8. The van der Waals surface area contributed by atoms with Crippen molar-refractivity contribution in [2.24, 2.45) is 0 Å². The SMILES string of the molecule is CCOc1ccccc1N(CCCC(=O)N(Cc1cccc(C)c1)[C@H](CC)C(=O)NC1CCCC1)S(C)(=O)=O. The number of rotatable bonds is 14. The predicted octanol–water partition coefficient (Wildman–Crippen LogP) is 4.81. The number of carbonyl (C=O) groups excluding carboxylic acids is 2. The molecule has 214 valence electrons. The average Bonchev–Trinajstić information content (AvgIpc) is 3.39. The maximum Gasteiger partial charge on any atom is 0.243 e. The summed E-state index contributed by atoms with van der Waals surface area (Å²) in [7, 11) is -3.61. The van der Waals surface area contributed by atoms with Crippen molar-refractivity contribution in [2.45, 2.75) is 84.3 Å². The Morgan fingerprint density at radius 3 is 2.44 bits per heavy atom. The van der Waals surface area contributed by atoms with Gasteiger partial charge >= 0.3 is 0 Å². The zero-order valence-electron chi connectivity index (χ0n) is 23.7. The summed E-state index contributed by atoms with van der Waals surface area (Å²) in [5, 5.41) is 3.16. The summed E-state index contributed by atoms with van der Waals surface area (Å²) in [4.78, 5) is 28.7. The molecule has 0 saturated heterocycles. The van der Waals surface area contributed by atoms with E-state index in [0.29, 0.717) is 37.4 Å². The van der Waals surface area contributed by atoms with E-state index in [4.69, 9.17) is 4.74 Å². The highest BCUT2D eigenvalue weighted by molar-refractivity contribution is 7.92. The van der Waals surface area contributed by atoms with Crippen LogP contribution in [0, 0.1) is 6.92 Å². The van der Waals surface area contributed by atoms with E-state index in [2.05, 4.69) is 5.32 Å². The Balaban J connectivity index is 1.78. The Kier molecular flexibility index (Phi) is 11.2. The highest BCUT2D eigenvalue weighted by Crippen LogP contribution is 2.30. The minimum atomic E-state index is -3.61. The lowest BCUT2D eigenvalue weighted by Gasteiger charge is -2.32. The van der Waals surface area contributed by atoms with Crippen molar-refractivity contribution >= 4 is 27.5 Å². The first-order valence-electron chi connectivity index (χ1n) is 14.0. The number of hydrogen-bond acceptors (Lipinski definition) is 5. The van der Waals surface area contributed by atoms with E-state index in [1.54, 1.807) is 29.2 Å². The third-order valence-corrected chi connectivity index (χ3v) is 8.29. The monoisotopic (exact) mass is 557 g/mol. The molecule has 1 aliphatic carbocycles. The zero-order chi connectivity index (χ0) is 28.4. The lowest BCUT2D eigenvalue weighted by atomic mass is 10.1. The Labute approximate surface area is 233 Å². The number of ether oxygens (including phenoxy) is 1. The molecule has 1 atom stereocenters. The van der Waals surface area contributed by atoms with Crippen molar-refractivity contribution in [2.75, 3.05) is 23.7 Å². The number of para-hydroxylation sites is 2. The molecule has 2 aromatic rings. The summed E-state index contributed by atoms with van der Waals surface area (Å²) in [6.07, 6.45) is 6.22. The summed E-state index contributed by atoms with van der Waals surface area (Å²) in [6, 6.07) is 14.5. The van der Waals surface area contributed by atoms with Gasteiger partial charge in [-0.05, 0) is 57.2 Å². The number of benzene rings is 2. The van der Waals surface area contributed by atoms with Crippen molar-refractivity contribution in [3.05, 3.63) is 59.7 Å². The molecule has 0 bridgehead atoms. The Morgan fingerprint density at radius 1 is 1.08 bits per heavy atom. The third-order valence-electron chi connectivity index (χ3n) is 7.11. The zero-order valence-corrected chi connectivity index (χ0v) is 24.5. The quantitative estimate of drug-likeness (QED) is 0.360. The number of aryl methyl sites for hydroxylation is 1. The van der Waals surface area contributed by atoms with Crippen LogP contribution in [0.2, 0.25) is 0 Å². The van der Waals surface area contributed by atoms with Crippen molar-refractivity contribution in [3.8, 4) is 5.75 Å². The molecule has 1 N–H and O–H groups in total. The highest BCUT2D eigenvalue weighted by Gasteiger charge is 2.31. The molecule has 0 aromatic heterocycles. The van der Waals surface area contributed by atoms with Crippen LogP contribution in [0.3, 0.4) is 0 Å². The van der Waals surface area contributed by atoms with Gasteiger partial charge < -0.3 is 15.0 Å². The molecule has 2 amide bonds. The molecule has 39 heavy (non-hydrogen) atoms. The average molecular weight is 558 g/mol. The van der Waals surface area contributed by atoms with E-state index in [0.717, 1.165) is 43.1 Å². The fourth-order valence-electron chi connectivity index (χ4n) is 5.22. The summed E-state index contributed by atoms with van der Waals surface area (Å²) in [6.45, 7) is 6.61. The molecule has 2 aromatic carbocycles. The number of sulfonamides is 1. The van der Waals surface area contributed by atoms with Crippen LogP contribution in [0.5, 0.6) is 5.75 Å². The first-order chi connectivity index (χ1) is 18.6. The van der Waals surface area contributed by atoms with Gasteiger partial charge in [0, 0.05) is 25.6 Å². The lowest BCUT2D eigenvalue weighted by molar-refractivity contribution is -0.141. The molecule has 0 heterocycles. The van der Waals surface area contributed by atoms with Gasteiger partial charge in [-0.15, -0.1) is 0 Å². The molecular formula is C30H43N3O5S. The number of nitrogens with zero attached hydrogens (tertiary/aromatic N) is 2. The summed E-state index contributed by atoms with van der Waals surface area (Å²) >= 11 is 0. The van der Waals surface area contributed by atoms with Crippen LogP contribution in [0.15, 0.2) is 48.5 Å². The van der Waals surface area contributed by atoms with Gasteiger partial charge in [0.2, 0.25) is 21.8 Å². The molecule has 0 radical (unpaired) electrons. The minimum Gasteiger partial charge on any atom is -0.492 e. The Morgan fingerprint density at radius 2 is 1.79 bits per heavy atom. The second kappa shape index (κ2) is 14.4. The van der Waals surface area contributed by atoms with Crippen molar-refractivity contribution < 1.29 is 22.7 Å². The number of hydrogen-bond donors (Lipinski definition) is 1. The smallest absolute Gasteiger partial charge is 0.243 e. The van der Waals surface area contributed by atoms with E-state index in [1.807, 2.05) is 45.0 Å². The fraction of sp³-hybridized carbons (Fsp3) is 0.533. The van der Waals surface area contributed by atoms with Gasteiger partial charge in [-0.3, -0.25) is 13.9 Å². The molecule has 8 nitrogen and oxygen atoms in total. The maximum absolute atomic E-state index is 13.7. The molecule has 3 rings (SSSR count). The summed E-state index contributed by atoms with van der Waals surface area (Å²) in [5.74, 6) is 0.192. The third kappa shape index (κ3) is 8.71. The Bertz CT molecular complexity index is 1210. The molecular weight excluding hydrogens is 514 g/mol.